The van der Waals surface area contributed by atoms with E-state index in [0.29, 0.717) is 12.3 Å². The predicted molar refractivity (Wildman–Crippen MR) is 109 cm³/mol. The van der Waals surface area contributed by atoms with Gasteiger partial charge in [0.15, 0.2) is 11.6 Å². The number of benzene rings is 2. The van der Waals surface area contributed by atoms with E-state index in [1.165, 1.54) is 11.1 Å². The molecule has 0 spiro atoms. The van der Waals surface area contributed by atoms with Crippen molar-refractivity contribution in [1.82, 2.24) is 5.32 Å². The third-order valence-corrected chi connectivity index (χ3v) is 5.97. The summed E-state index contributed by atoms with van der Waals surface area (Å²) in [6, 6.07) is 10.8. The van der Waals surface area contributed by atoms with Crippen molar-refractivity contribution in [2.24, 2.45) is 0 Å². The molecule has 2 aromatic rings. The largest absolute Gasteiger partial charge is 0.354 e. The van der Waals surface area contributed by atoms with Gasteiger partial charge in [0.2, 0.25) is 15.9 Å². The number of hydrogen-bond acceptors (Lipinski definition) is 4. The average Bonchev–Trinajstić information content (AvgIpc) is 2.61. The first-order valence-corrected chi connectivity index (χ1v) is 11.5. The Morgan fingerprint density at radius 2 is 1.89 bits per heavy atom. The van der Waals surface area contributed by atoms with Crippen molar-refractivity contribution in [3.05, 3.63) is 65.2 Å². The van der Waals surface area contributed by atoms with E-state index in [0.717, 1.165) is 34.5 Å². The van der Waals surface area contributed by atoms with Crippen LogP contribution < -0.4 is 9.62 Å². The van der Waals surface area contributed by atoms with Gasteiger partial charge in [-0.05, 0) is 24.6 Å². The molecule has 0 aliphatic carbocycles. The number of sulfonamides is 1. The molecule has 0 aromatic heterocycles. The molecule has 0 bridgehead atoms. The lowest BCUT2D eigenvalue weighted by atomic mass is 10.2. The summed E-state index contributed by atoms with van der Waals surface area (Å²) in [4.78, 5) is 12.1. The van der Waals surface area contributed by atoms with Crippen molar-refractivity contribution in [3.63, 3.8) is 0 Å². The molecule has 0 atom stereocenters. The van der Waals surface area contributed by atoms with Gasteiger partial charge in [-0.25, -0.2) is 17.2 Å². The van der Waals surface area contributed by atoms with E-state index in [1.54, 1.807) is 11.8 Å². The zero-order chi connectivity index (χ0) is 20.7. The topological polar surface area (TPSA) is 66.5 Å². The average molecular weight is 429 g/mol. The van der Waals surface area contributed by atoms with E-state index in [1.807, 2.05) is 25.1 Å². The number of aryl methyl sites for hydroxylation is 1. The van der Waals surface area contributed by atoms with Gasteiger partial charge in [-0.1, -0.05) is 29.8 Å². The molecule has 0 unspecified atom stereocenters. The lowest BCUT2D eigenvalue weighted by Crippen LogP contribution is -2.41. The van der Waals surface area contributed by atoms with Gasteiger partial charge in [-0.2, -0.15) is 11.8 Å². The Morgan fingerprint density at radius 3 is 2.54 bits per heavy atom. The molecule has 5 nitrogen and oxygen atoms in total. The summed E-state index contributed by atoms with van der Waals surface area (Å²) in [5.41, 5.74) is 2.27. The minimum atomic E-state index is -3.84. The van der Waals surface area contributed by atoms with Gasteiger partial charge >= 0.3 is 0 Å². The summed E-state index contributed by atoms with van der Waals surface area (Å²) in [7, 11) is -3.84. The standard InChI is InChI=1S/C19H22F2N2O3S2/c1-14-4-3-5-15(10-14)13-27-9-8-22-19(24)12-23(28(2,25)26)16-6-7-17(20)18(21)11-16/h3-7,10-11H,8-9,12-13H2,1-2H3,(H,22,24). The monoisotopic (exact) mass is 428 g/mol. The van der Waals surface area contributed by atoms with Crippen LogP contribution in [0.5, 0.6) is 0 Å². The van der Waals surface area contributed by atoms with Crippen LogP contribution in [0.15, 0.2) is 42.5 Å². The van der Waals surface area contributed by atoms with Crippen LogP contribution in [-0.2, 0) is 20.6 Å². The van der Waals surface area contributed by atoms with E-state index in [-0.39, 0.29) is 5.69 Å². The normalized spacial score (nSPS) is 11.3. The molecular weight excluding hydrogens is 406 g/mol. The summed E-state index contributed by atoms with van der Waals surface area (Å²) in [6.45, 7) is 1.88. The van der Waals surface area contributed by atoms with Crippen LogP contribution in [0.2, 0.25) is 0 Å². The third-order valence-electron chi connectivity index (χ3n) is 3.80. The summed E-state index contributed by atoms with van der Waals surface area (Å²) < 4.78 is 51.1. The number of carbonyl (C=O) groups excluding carboxylic acids is 1. The number of thioether (sulfide) groups is 1. The molecule has 0 saturated carbocycles. The lowest BCUT2D eigenvalue weighted by molar-refractivity contribution is -0.119. The number of hydrogen-bond donors (Lipinski definition) is 1. The summed E-state index contributed by atoms with van der Waals surface area (Å²) in [6.07, 6.45) is 0.902. The molecule has 0 aliphatic rings. The maximum absolute atomic E-state index is 13.4. The third kappa shape index (κ3) is 6.79. The Morgan fingerprint density at radius 1 is 1.14 bits per heavy atom. The second-order valence-corrected chi connectivity index (χ2v) is 9.27. The summed E-state index contributed by atoms with van der Waals surface area (Å²) in [5, 5.41) is 2.64. The van der Waals surface area contributed by atoms with Crippen LogP contribution in [0.25, 0.3) is 0 Å². The molecule has 0 heterocycles. The zero-order valence-corrected chi connectivity index (χ0v) is 17.2. The number of nitrogens with zero attached hydrogens (tertiary/aromatic N) is 1. The first kappa shape index (κ1) is 22.2. The van der Waals surface area contributed by atoms with Gasteiger partial charge in [0.1, 0.15) is 6.54 Å². The van der Waals surface area contributed by atoms with Gasteiger partial charge in [-0.3, -0.25) is 9.10 Å². The fourth-order valence-corrected chi connectivity index (χ4v) is 4.14. The second-order valence-electron chi connectivity index (χ2n) is 6.26. The minimum Gasteiger partial charge on any atom is -0.354 e. The summed E-state index contributed by atoms with van der Waals surface area (Å²) >= 11 is 1.64. The Kier molecular flexibility index (Phi) is 7.82. The Bertz CT molecular complexity index is 937. The lowest BCUT2D eigenvalue weighted by Gasteiger charge is -2.22. The summed E-state index contributed by atoms with van der Waals surface area (Å²) in [5.74, 6) is -1.33. The molecule has 2 rings (SSSR count). The van der Waals surface area contributed by atoms with Gasteiger partial charge < -0.3 is 5.32 Å². The van der Waals surface area contributed by atoms with E-state index in [9.17, 15) is 22.0 Å². The first-order chi connectivity index (χ1) is 13.2. The maximum atomic E-state index is 13.4. The molecule has 0 saturated heterocycles. The molecule has 2 aromatic carbocycles. The maximum Gasteiger partial charge on any atom is 0.240 e. The van der Waals surface area contributed by atoms with Crippen LogP contribution in [0.3, 0.4) is 0 Å². The highest BCUT2D eigenvalue weighted by Crippen LogP contribution is 2.20. The van der Waals surface area contributed by atoms with Crippen LogP contribution >= 0.6 is 11.8 Å². The fraction of sp³-hybridized carbons (Fsp3) is 0.316. The number of carbonyl (C=O) groups is 1. The van der Waals surface area contributed by atoms with Crippen molar-refractivity contribution in [2.75, 3.05) is 29.4 Å². The molecule has 0 fully saturated rings. The number of rotatable bonds is 9. The highest BCUT2D eigenvalue weighted by Gasteiger charge is 2.21. The van der Waals surface area contributed by atoms with Crippen molar-refractivity contribution >= 4 is 33.4 Å². The Balaban J connectivity index is 1.85. The quantitative estimate of drug-likeness (QED) is 0.624. The highest BCUT2D eigenvalue weighted by molar-refractivity contribution is 7.98. The highest BCUT2D eigenvalue weighted by atomic mass is 32.2. The molecule has 152 valence electrons. The molecule has 0 aliphatic heterocycles. The van der Waals surface area contributed by atoms with Crippen LogP contribution in [0.1, 0.15) is 11.1 Å². The van der Waals surface area contributed by atoms with E-state index in [2.05, 4.69) is 11.4 Å². The van der Waals surface area contributed by atoms with Gasteiger partial charge in [0.25, 0.3) is 0 Å². The second kappa shape index (κ2) is 9.88. The number of amides is 1. The number of nitrogens with one attached hydrogen (secondary N) is 1. The van der Waals surface area contributed by atoms with E-state index >= 15 is 0 Å². The van der Waals surface area contributed by atoms with Gasteiger partial charge in [0, 0.05) is 24.1 Å². The Labute approximate surface area is 168 Å². The first-order valence-electron chi connectivity index (χ1n) is 8.49. The molecule has 1 amide bonds. The van der Waals surface area contributed by atoms with Gasteiger partial charge in [0.05, 0.1) is 11.9 Å². The van der Waals surface area contributed by atoms with Crippen molar-refractivity contribution < 1.29 is 22.0 Å². The molecule has 28 heavy (non-hydrogen) atoms. The molecular formula is C19H22F2N2O3S2. The van der Waals surface area contributed by atoms with Crippen LogP contribution in [-0.4, -0.2) is 39.4 Å². The van der Waals surface area contributed by atoms with Crippen molar-refractivity contribution in [2.45, 2.75) is 12.7 Å². The SMILES string of the molecule is Cc1cccc(CSCCNC(=O)CN(c2ccc(F)c(F)c2)S(C)(=O)=O)c1. The minimum absolute atomic E-state index is 0.106. The smallest absolute Gasteiger partial charge is 0.240 e. The van der Waals surface area contributed by atoms with E-state index in [4.69, 9.17) is 0 Å². The van der Waals surface area contributed by atoms with Crippen molar-refractivity contribution in [3.8, 4) is 0 Å². The van der Waals surface area contributed by atoms with Crippen molar-refractivity contribution in [1.29, 1.82) is 0 Å². The zero-order valence-electron chi connectivity index (χ0n) is 15.6. The number of anilines is 1. The molecule has 1 N–H and O–H groups in total. The molecule has 0 radical (unpaired) electrons. The van der Waals surface area contributed by atoms with Crippen LogP contribution in [0, 0.1) is 18.6 Å². The Hall–Kier alpha value is -2.13. The predicted octanol–water partition coefficient (Wildman–Crippen LogP) is 3.09. The fourth-order valence-electron chi connectivity index (χ4n) is 2.48. The van der Waals surface area contributed by atoms with E-state index < -0.39 is 34.1 Å². The number of halogens is 2. The molecule has 9 heteroatoms. The van der Waals surface area contributed by atoms with Crippen LogP contribution in [0.4, 0.5) is 14.5 Å². The van der Waals surface area contributed by atoms with Gasteiger partial charge in [-0.15, -0.1) is 0 Å².